The summed E-state index contributed by atoms with van der Waals surface area (Å²) in [7, 11) is 6.49. The number of rotatable bonds is 7. The summed E-state index contributed by atoms with van der Waals surface area (Å²) in [6.07, 6.45) is 7.64. The molecule has 0 fully saturated rings. The number of carbonyl (C=O) groups excluding carboxylic acids is 2. The van der Waals surface area contributed by atoms with Crippen LogP contribution in [0.2, 0.25) is 0 Å². The summed E-state index contributed by atoms with van der Waals surface area (Å²) in [5, 5.41) is 0. The fourth-order valence-electron chi connectivity index (χ4n) is 1.42. The average molecular weight is 281 g/mol. The number of hydrogen-bond acceptors (Lipinski definition) is 5. The molecule has 0 aromatic carbocycles. The van der Waals surface area contributed by atoms with E-state index in [0.717, 1.165) is 5.57 Å². The van der Waals surface area contributed by atoms with Crippen molar-refractivity contribution in [1.29, 1.82) is 0 Å². The van der Waals surface area contributed by atoms with E-state index in [1.54, 1.807) is 6.08 Å². The molecule has 0 unspecified atom stereocenters. The van der Waals surface area contributed by atoms with Gasteiger partial charge in [-0.25, -0.2) is 0 Å². The Hall–Kier alpha value is -2.04. The summed E-state index contributed by atoms with van der Waals surface area (Å²) >= 11 is 0. The molecule has 0 aliphatic carbocycles. The first-order chi connectivity index (χ1) is 9.38. The van der Waals surface area contributed by atoms with Crippen molar-refractivity contribution in [3.05, 3.63) is 35.6 Å². The Bertz CT molecular complexity index is 400. The van der Waals surface area contributed by atoms with Crippen LogP contribution in [0.1, 0.15) is 19.8 Å². The molecule has 0 aromatic heterocycles. The average Bonchev–Trinajstić information content (AvgIpc) is 2.37. The second-order valence-electron chi connectivity index (χ2n) is 4.52. The molecule has 0 heterocycles. The number of allylic oxidation sites excluding steroid dienone is 4. The maximum atomic E-state index is 11.3. The number of methoxy groups -OCH3 is 2. The molecule has 0 saturated carbocycles. The maximum Gasteiger partial charge on any atom is 0.309 e. The molecule has 5 heteroatoms. The van der Waals surface area contributed by atoms with Gasteiger partial charge in [-0.2, -0.15) is 0 Å². The van der Waals surface area contributed by atoms with Gasteiger partial charge in [0, 0.05) is 14.1 Å². The molecule has 0 aliphatic rings. The molecule has 0 aromatic rings. The molecule has 0 aliphatic heterocycles. The Kier molecular flexibility index (Phi) is 8.83. The van der Waals surface area contributed by atoms with Crippen molar-refractivity contribution < 1.29 is 19.1 Å². The first kappa shape index (κ1) is 18.0. The van der Waals surface area contributed by atoms with Gasteiger partial charge in [-0.1, -0.05) is 17.7 Å². The highest BCUT2D eigenvalue weighted by atomic mass is 16.5. The Morgan fingerprint density at radius 2 is 1.55 bits per heavy atom. The molecule has 0 radical (unpaired) electrons. The number of ether oxygens (including phenoxy) is 2. The molecule has 0 amide bonds. The lowest BCUT2D eigenvalue weighted by Gasteiger charge is -2.06. The van der Waals surface area contributed by atoms with Crippen LogP contribution >= 0.6 is 0 Å². The fraction of sp³-hybridized carbons (Fsp3) is 0.467. The van der Waals surface area contributed by atoms with Gasteiger partial charge in [0.05, 0.1) is 27.1 Å². The summed E-state index contributed by atoms with van der Waals surface area (Å²) in [5.74, 6) is -0.756. The SMILES string of the molecule is COC(=O)CC(=C/C(C)=C/C=C/N(C)C)CC(=O)OC. The van der Waals surface area contributed by atoms with Crippen LogP contribution in [0.15, 0.2) is 35.6 Å². The van der Waals surface area contributed by atoms with Crippen molar-refractivity contribution in [2.24, 2.45) is 0 Å². The molecule has 0 saturated heterocycles. The Balaban J connectivity index is 4.93. The van der Waals surface area contributed by atoms with E-state index < -0.39 is 0 Å². The first-order valence-electron chi connectivity index (χ1n) is 6.23. The van der Waals surface area contributed by atoms with Crippen LogP contribution in [0.5, 0.6) is 0 Å². The predicted molar refractivity (Wildman–Crippen MR) is 77.9 cm³/mol. The number of carbonyl (C=O) groups is 2. The number of esters is 2. The van der Waals surface area contributed by atoms with Gasteiger partial charge in [0.15, 0.2) is 0 Å². The molecule has 5 nitrogen and oxygen atoms in total. The van der Waals surface area contributed by atoms with E-state index in [1.807, 2.05) is 44.3 Å². The predicted octanol–water partition coefficient (Wildman–Crippen LogP) is 2.06. The van der Waals surface area contributed by atoms with Gasteiger partial charge in [0.1, 0.15) is 0 Å². The van der Waals surface area contributed by atoms with Crippen LogP contribution in [-0.2, 0) is 19.1 Å². The summed E-state index contributed by atoms with van der Waals surface area (Å²) < 4.78 is 9.24. The first-order valence-corrected chi connectivity index (χ1v) is 6.23. The molecular formula is C15H23NO4. The fourth-order valence-corrected chi connectivity index (χ4v) is 1.42. The third kappa shape index (κ3) is 8.97. The smallest absolute Gasteiger partial charge is 0.309 e. The second kappa shape index (κ2) is 9.83. The van der Waals surface area contributed by atoms with Crippen LogP contribution in [0, 0.1) is 0 Å². The van der Waals surface area contributed by atoms with E-state index in [9.17, 15) is 9.59 Å². The van der Waals surface area contributed by atoms with Crippen molar-refractivity contribution in [2.45, 2.75) is 19.8 Å². The highest BCUT2D eigenvalue weighted by Gasteiger charge is 2.11. The van der Waals surface area contributed by atoms with Crippen LogP contribution in [0.4, 0.5) is 0 Å². The van der Waals surface area contributed by atoms with Gasteiger partial charge in [-0.15, -0.1) is 0 Å². The van der Waals surface area contributed by atoms with Gasteiger partial charge in [0.25, 0.3) is 0 Å². The van der Waals surface area contributed by atoms with Crippen molar-refractivity contribution in [3.63, 3.8) is 0 Å². The zero-order chi connectivity index (χ0) is 15.5. The Morgan fingerprint density at radius 3 is 1.95 bits per heavy atom. The van der Waals surface area contributed by atoms with Gasteiger partial charge >= 0.3 is 11.9 Å². The van der Waals surface area contributed by atoms with Gasteiger partial charge in [-0.3, -0.25) is 9.59 Å². The minimum atomic E-state index is -0.378. The van der Waals surface area contributed by atoms with E-state index in [1.165, 1.54) is 14.2 Å². The minimum Gasteiger partial charge on any atom is -0.469 e. The van der Waals surface area contributed by atoms with Crippen LogP contribution in [0.3, 0.4) is 0 Å². The monoisotopic (exact) mass is 281 g/mol. The largest absolute Gasteiger partial charge is 0.469 e. The van der Waals surface area contributed by atoms with E-state index in [2.05, 4.69) is 9.47 Å². The second-order valence-corrected chi connectivity index (χ2v) is 4.52. The number of nitrogens with zero attached hydrogens (tertiary/aromatic N) is 1. The van der Waals surface area contributed by atoms with Crippen LogP contribution < -0.4 is 0 Å². The third-order valence-electron chi connectivity index (χ3n) is 2.37. The lowest BCUT2D eigenvalue weighted by molar-refractivity contribution is -0.140. The molecular weight excluding hydrogens is 258 g/mol. The Labute approximate surface area is 120 Å². The lowest BCUT2D eigenvalue weighted by atomic mass is 10.1. The van der Waals surface area contributed by atoms with Crippen molar-refractivity contribution in [1.82, 2.24) is 4.90 Å². The van der Waals surface area contributed by atoms with Gasteiger partial charge in [-0.05, 0) is 24.8 Å². The van der Waals surface area contributed by atoms with Gasteiger partial charge < -0.3 is 14.4 Å². The van der Waals surface area contributed by atoms with E-state index >= 15 is 0 Å². The molecule has 0 bridgehead atoms. The summed E-state index contributed by atoms with van der Waals surface area (Å²) in [6.45, 7) is 1.90. The van der Waals surface area contributed by atoms with Crippen molar-refractivity contribution in [2.75, 3.05) is 28.3 Å². The topological polar surface area (TPSA) is 55.8 Å². The molecule has 20 heavy (non-hydrogen) atoms. The van der Waals surface area contributed by atoms with Crippen molar-refractivity contribution >= 4 is 11.9 Å². The normalized spacial score (nSPS) is 11.2. The van der Waals surface area contributed by atoms with E-state index in [0.29, 0.717) is 5.57 Å². The summed E-state index contributed by atoms with van der Waals surface area (Å²) in [5.41, 5.74) is 1.60. The quantitative estimate of drug-likeness (QED) is 0.528. The maximum absolute atomic E-state index is 11.3. The van der Waals surface area contributed by atoms with E-state index in [4.69, 9.17) is 0 Å². The van der Waals surface area contributed by atoms with Crippen LogP contribution in [-0.4, -0.2) is 45.2 Å². The highest BCUT2D eigenvalue weighted by molar-refractivity contribution is 5.77. The lowest BCUT2D eigenvalue weighted by Crippen LogP contribution is -2.07. The van der Waals surface area contributed by atoms with E-state index in [-0.39, 0.29) is 24.8 Å². The zero-order valence-electron chi connectivity index (χ0n) is 12.8. The van der Waals surface area contributed by atoms with Crippen molar-refractivity contribution in [3.8, 4) is 0 Å². The highest BCUT2D eigenvalue weighted by Crippen LogP contribution is 2.13. The third-order valence-corrected chi connectivity index (χ3v) is 2.37. The molecule has 0 atom stereocenters. The van der Waals surface area contributed by atoms with Gasteiger partial charge in [0.2, 0.25) is 0 Å². The zero-order valence-corrected chi connectivity index (χ0v) is 12.8. The minimum absolute atomic E-state index is 0.0776. The summed E-state index contributed by atoms with van der Waals surface area (Å²) in [6, 6.07) is 0. The standard InChI is InChI=1S/C15H23NO4/c1-12(7-6-8-16(2)3)9-13(10-14(17)19-4)11-15(18)20-5/h6-9H,10-11H2,1-5H3/b8-6+,12-7+. The van der Waals surface area contributed by atoms with Crippen LogP contribution in [0.25, 0.3) is 0 Å². The number of hydrogen-bond donors (Lipinski definition) is 0. The molecule has 0 rings (SSSR count). The Morgan fingerprint density at radius 1 is 1.05 bits per heavy atom. The summed E-state index contributed by atoms with van der Waals surface area (Å²) in [4.78, 5) is 24.6. The molecule has 0 N–H and O–H groups in total. The molecule has 0 spiro atoms. The molecule has 112 valence electrons.